The Morgan fingerprint density at radius 2 is 1.87 bits per heavy atom. The van der Waals surface area contributed by atoms with E-state index in [0.717, 1.165) is 12.0 Å². The summed E-state index contributed by atoms with van der Waals surface area (Å²) in [6.45, 7) is 4.87. The van der Waals surface area contributed by atoms with Gasteiger partial charge in [0.05, 0.1) is 5.52 Å². The van der Waals surface area contributed by atoms with E-state index < -0.39 is 5.76 Å². The molecule has 6 nitrogen and oxygen atoms in total. The van der Waals surface area contributed by atoms with Gasteiger partial charge in [0.1, 0.15) is 0 Å². The van der Waals surface area contributed by atoms with E-state index >= 15 is 0 Å². The molecule has 2 atom stereocenters. The fraction of sp³-hybridized carbons (Fsp3) is 0.417. The van der Waals surface area contributed by atoms with Gasteiger partial charge in [-0.2, -0.15) is 0 Å². The molecule has 0 spiro atoms. The molecular weight excluding hydrogens is 378 g/mol. The number of hydrogen-bond donors (Lipinski definition) is 2. The molecule has 3 rings (SSSR count). The number of oxazole rings is 1. The molecule has 2 aromatic carbocycles. The van der Waals surface area contributed by atoms with Crippen molar-refractivity contribution in [3.63, 3.8) is 0 Å². The SMILES string of the molecule is CC(C)[C@H](CC(=O)NC[C@H](Cc1ccc2[nH]c(=O)oc2c1)N(C)C)c1ccccc1. The van der Waals surface area contributed by atoms with Crippen LogP contribution in [0.4, 0.5) is 0 Å². The summed E-state index contributed by atoms with van der Waals surface area (Å²) in [6.07, 6.45) is 1.21. The number of aromatic nitrogens is 1. The zero-order valence-electron chi connectivity index (χ0n) is 18.1. The highest BCUT2D eigenvalue weighted by atomic mass is 16.4. The summed E-state index contributed by atoms with van der Waals surface area (Å²) in [6, 6.07) is 16.1. The Morgan fingerprint density at radius 1 is 1.13 bits per heavy atom. The van der Waals surface area contributed by atoms with Crippen molar-refractivity contribution in [2.24, 2.45) is 5.92 Å². The number of nitrogens with one attached hydrogen (secondary N) is 2. The molecule has 0 aliphatic rings. The number of nitrogens with zero attached hydrogens (tertiary/aromatic N) is 1. The average molecular weight is 410 g/mol. The predicted molar refractivity (Wildman–Crippen MR) is 120 cm³/mol. The number of aromatic amines is 1. The lowest BCUT2D eigenvalue weighted by Crippen LogP contribution is -2.42. The minimum atomic E-state index is -0.448. The zero-order valence-corrected chi connectivity index (χ0v) is 18.1. The third kappa shape index (κ3) is 5.60. The number of rotatable bonds is 9. The van der Waals surface area contributed by atoms with Gasteiger partial charge in [-0.25, -0.2) is 4.79 Å². The fourth-order valence-electron chi connectivity index (χ4n) is 3.77. The second-order valence-electron chi connectivity index (χ2n) is 8.44. The molecule has 0 aliphatic carbocycles. The van der Waals surface area contributed by atoms with E-state index in [1.807, 2.05) is 50.5 Å². The minimum absolute atomic E-state index is 0.0662. The Hall–Kier alpha value is -2.86. The van der Waals surface area contributed by atoms with E-state index in [2.05, 4.69) is 41.2 Å². The minimum Gasteiger partial charge on any atom is -0.408 e. The van der Waals surface area contributed by atoms with Crippen LogP contribution in [0.25, 0.3) is 11.1 Å². The molecule has 0 fully saturated rings. The lowest BCUT2D eigenvalue weighted by Gasteiger charge is -2.26. The number of carbonyl (C=O) groups excluding carboxylic acids is 1. The van der Waals surface area contributed by atoms with Crippen LogP contribution in [0.15, 0.2) is 57.7 Å². The number of amides is 1. The number of carbonyl (C=O) groups is 1. The normalized spacial score (nSPS) is 13.7. The highest BCUT2D eigenvalue weighted by Gasteiger charge is 2.21. The Kier molecular flexibility index (Phi) is 7.11. The van der Waals surface area contributed by atoms with Crippen molar-refractivity contribution in [2.75, 3.05) is 20.6 Å². The molecule has 0 unspecified atom stereocenters. The van der Waals surface area contributed by atoms with Crippen LogP contribution in [0.1, 0.15) is 37.3 Å². The highest BCUT2D eigenvalue weighted by Crippen LogP contribution is 2.27. The molecule has 0 saturated heterocycles. The molecule has 1 amide bonds. The first-order chi connectivity index (χ1) is 14.3. The standard InChI is InChI=1S/C24H31N3O3/c1-16(2)20(18-8-6-5-7-9-18)14-23(28)25-15-19(27(3)4)12-17-10-11-21-22(13-17)30-24(29)26-21/h5-11,13,16,19-20H,12,14-15H2,1-4H3,(H,25,28)(H,26,29)/t19-,20-/m0/s1. The molecular formula is C24H31N3O3. The van der Waals surface area contributed by atoms with Crippen molar-refractivity contribution in [3.8, 4) is 0 Å². The quantitative estimate of drug-likeness (QED) is 0.567. The van der Waals surface area contributed by atoms with E-state index in [4.69, 9.17) is 4.42 Å². The van der Waals surface area contributed by atoms with Gasteiger partial charge in [-0.3, -0.25) is 9.78 Å². The summed E-state index contributed by atoms with van der Waals surface area (Å²) in [5.41, 5.74) is 3.51. The molecule has 0 aliphatic heterocycles. The monoisotopic (exact) mass is 409 g/mol. The fourth-order valence-corrected chi connectivity index (χ4v) is 3.77. The van der Waals surface area contributed by atoms with E-state index in [0.29, 0.717) is 30.0 Å². The number of hydrogen-bond acceptors (Lipinski definition) is 4. The summed E-state index contributed by atoms with van der Waals surface area (Å²) in [7, 11) is 4.01. The number of fused-ring (bicyclic) bond motifs is 1. The van der Waals surface area contributed by atoms with Crippen molar-refractivity contribution in [1.29, 1.82) is 0 Å². The van der Waals surface area contributed by atoms with Crippen molar-refractivity contribution >= 4 is 17.0 Å². The van der Waals surface area contributed by atoms with Crippen LogP contribution in [-0.4, -0.2) is 42.5 Å². The van der Waals surface area contributed by atoms with Gasteiger partial charge in [-0.05, 0) is 55.6 Å². The summed E-state index contributed by atoms with van der Waals surface area (Å²) < 4.78 is 5.16. The maximum absolute atomic E-state index is 12.7. The second-order valence-corrected chi connectivity index (χ2v) is 8.44. The molecule has 1 aromatic heterocycles. The van der Waals surface area contributed by atoms with Gasteiger partial charge in [0, 0.05) is 19.0 Å². The Morgan fingerprint density at radius 3 is 2.53 bits per heavy atom. The molecule has 30 heavy (non-hydrogen) atoms. The van der Waals surface area contributed by atoms with Crippen LogP contribution in [0.5, 0.6) is 0 Å². The zero-order chi connectivity index (χ0) is 21.7. The van der Waals surface area contributed by atoms with E-state index in [9.17, 15) is 9.59 Å². The van der Waals surface area contributed by atoms with Crippen molar-refractivity contribution < 1.29 is 9.21 Å². The van der Waals surface area contributed by atoms with Gasteiger partial charge < -0.3 is 14.6 Å². The third-order valence-corrected chi connectivity index (χ3v) is 5.66. The Labute approximate surface area is 177 Å². The molecule has 0 bridgehead atoms. The first-order valence-electron chi connectivity index (χ1n) is 10.4. The average Bonchev–Trinajstić information content (AvgIpc) is 3.08. The summed E-state index contributed by atoms with van der Waals surface area (Å²) in [5, 5.41) is 3.12. The second kappa shape index (κ2) is 9.76. The lowest BCUT2D eigenvalue weighted by atomic mass is 9.85. The van der Waals surface area contributed by atoms with Crippen LogP contribution < -0.4 is 11.1 Å². The Balaban J connectivity index is 1.61. The number of benzene rings is 2. The molecule has 3 aromatic rings. The van der Waals surface area contributed by atoms with Crippen LogP contribution in [0.3, 0.4) is 0 Å². The highest BCUT2D eigenvalue weighted by molar-refractivity contribution is 5.77. The summed E-state index contributed by atoms with van der Waals surface area (Å²) in [4.78, 5) is 28.8. The first-order valence-corrected chi connectivity index (χ1v) is 10.4. The van der Waals surface area contributed by atoms with E-state index in [-0.39, 0.29) is 17.9 Å². The van der Waals surface area contributed by atoms with Crippen molar-refractivity contribution in [3.05, 3.63) is 70.2 Å². The number of likely N-dealkylation sites (N-methyl/N-ethyl adjacent to an activating group) is 1. The molecule has 160 valence electrons. The summed E-state index contributed by atoms with van der Waals surface area (Å²) >= 11 is 0. The van der Waals surface area contributed by atoms with E-state index in [1.165, 1.54) is 5.56 Å². The number of H-pyrrole nitrogens is 1. The van der Waals surface area contributed by atoms with Gasteiger partial charge in [0.15, 0.2) is 5.58 Å². The molecule has 6 heteroatoms. The van der Waals surface area contributed by atoms with Crippen LogP contribution in [0.2, 0.25) is 0 Å². The molecule has 1 heterocycles. The summed E-state index contributed by atoms with van der Waals surface area (Å²) in [5.74, 6) is 0.196. The van der Waals surface area contributed by atoms with Gasteiger partial charge in [0.25, 0.3) is 0 Å². The largest absolute Gasteiger partial charge is 0.417 e. The van der Waals surface area contributed by atoms with Gasteiger partial charge in [0.2, 0.25) is 5.91 Å². The van der Waals surface area contributed by atoms with Crippen LogP contribution >= 0.6 is 0 Å². The maximum Gasteiger partial charge on any atom is 0.417 e. The van der Waals surface area contributed by atoms with Gasteiger partial charge in [-0.1, -0.05) is 50.2 Å². The van der Waals surface area contributed by atoms with Gasteiger partial charge in [-0.15, -0.1) is 0 Å². The topological polar surface area (TPSA) is 78.3 Å². The lowest BCUT2D eigenvalue weighted by molar-refractivity contribution is -0.121. The Bertz CT molecular complexity index is 1020. The van der Waals surface area contributed by atoms with E-state index in [1.54, 1.807) is 0 Å². The first kappa shape index (κ1) is 21.8. The predicted octanol–water partition coefficient (Wildman–Crippen LogP) is 3.54. The molecule has 0 saturated carbocycles. The maximum atomic E-state index is 12.7. The van der Waals surface area contributed by atoms with Crippen LogP contribution in [-0.2, 0) is 11.2 Å². The van der Waals surface area contributed by atoms with Crippen molar-refractivity contribution in [2.45, 2.75) is 38.6 Å². The molecule has 0 radical (unpaired) electrons. The third-order valence-electron chi connectivity index (χ3n) is 5.66. The molecule has 2 N–H and O–H groups in total. The van der Waals surface area contributed by atoms with Crippen LogP contribution in [0, 0.1) is 5.92 Å². The van der Waals surface area contributed by atoms with Crippen molar-refractivity contribution in [1.82, 2.24) is 15.2 Å². The van der Waals surface area contributed by atoms with Gasteiger partial charge >= 0.3 is 5.76 Å². The smallest absolute Gasteiger partial charge is 0.408 e.